The molecule has 0 heterocycles. The molecule has 1 heteroatoms. The number of rotatable bonds is 3. The van der Waals surface area contributed by atoms with E-state index in [1.807, 2.05) is 0 Å². The third-order valence-corrected chi connectivity index (χ3v) is 8.99. The van der Waals surface area contributed by atoms with Crippen LogP contribution in [0.4, 0.5) is 0 Å². The number of benzene rings is 1. The van der Waals surface area contributed by atoms with Crippen LogP contribution in [-0.2, 0) is 0 Å². The SMILES string of the molecule is C=C(c1ccccc1)[Si](C)(C)C1CCCCC1. The van der Waals surface area contributed by atoms with Crippen molar-refractivity contribution >= 4 is 13.3 Å². The first kappa shape index (κ1) is 12.6. The van der Waals surface area contributed by atoms with E-state index in [-0.39, 0.29) is 0 Å². The zero-order valence-electron chi connectivity index (χ0n) is 11.2. The number of hydrogen-bond acceptors (Lipinski definition) is 0. The summed E-state index contributed by atoms with van der Waals surface area (Å²) in [6.45, 7) is 9.46. The van der Waals surface area contributed by atoms with Crippen LogP contribution in [0.25, 0.3) is 5.20 Å². The first-order valence-electron chi connectivity index (χ1n) is 6.87. The lowest BCUT2D eigenvalue weighted by atomic mass is 10.0. The average Bonchev–Trinajstić information content (AvgIpc) is 2.40. The molecule has 2 rings (SSSR count). The van der Waals surface area contributed by atoms with Crippen LogP contribution >= 0.6 is 0 Å². The summed E-state index contributed by atoms with van der Waals surface area (Å²) < 4.78 is 0. The zero-order valence-corrected chi connectivity index (χ0v) is 12.2. The molecule has 0 bridgehead atoms. The van der Waals surface area contributed by atoms with Gasteiger partial charge in [0.05, 0.1) is 8.07 Å². The van der Waals surface area contributed by atoms with E-state index in [2.05, 4.69) is 50.0 Å². The van der Waals surface area contributed by atoms with Crippen LogP contribution < -0.4 is 0 Å². The predicted octanol–water partition coefficient (Wildman–Crippen LogP) is 5.28. The van der Waals surface area contributed by atoms with E-state index in [4.69, 9.17) is 0 Å². The Morgan fingerprint density at radius 2 is 1.65 bits per heavy atom. The van der Waals surface area contributed by atoms with Crippen LogP contribution in [0.15, 0.2) is 36.9 Å². The average molecular weight is 244 g/mol. The summed E-state index contributed by atoms with van der Waals surface area (Å²) in [4.78, 5) is 0. The Balaban J connectivity index is 2.17. The van der Waals surface area contributed by atoms with Gasteiger partial charge in [0.2, 0.25) is 0 Å². The van der Waals surface area contributed by atoms with Gasteiger partial charge in [0, 0.05) is 0 Å². The van der Waals surface area contributed by atoms with Gasteiger partial charge in [-0.2, -0.15) is 0 Å². The van der Waals surface area contributed by atoms with Gasteiger partial charge >= 0.3 is 0 Å². The second kappa shape index (κ2) is 5.22. The lowest BCUT2D eigenvalue weighted by Gasteiger charge is -2.37. The molecule has 0 aromatic heterocycles. The maximum atomic E-state index is 4.43. The van der Waals surface area contributed by atoms with Crippen molar-refractivity contribution in [3.8, 4) is 0 Å². The van der Waals surface area contributed by atoms with Crippen molar-refractivity contribution < 1.29 is 0 Å². The molecule has 1 aromatic rings. The van der Waals surface area contributed by atoms with Crippen LogP contribution in [0.3, 0.4) is 0 Å². The third-order valence-electron chi connectivity index (χ3n) is 4.53. The summed E-state index contributed by atoms with van der Waals surface area (Å²) in [5.41, 5.74) is 2.32. The second-order valence-corrected chi connectivity index (χ2v) is 10.8. The van der Waals surface area contributed by atoms with E-state index < -0.39 is 8.07 Å². The monoisotopic (exact) mass is 244 g/mol. The molecule has 0 unspecified atom stereocenters. The maximum absolute atomic E-state index is 4.43. The molecule has 1 saturated carbocycles. The summed E-state index contributed by atoms with van der Waals surface area (Å²) in [5.74, 6) is 0. The van der Waals surface area contributed by atoms with Crippen molar-refractivity contribution in [3.63, 3.8) is 0 Å². The molecule has 0 N–H and O–H groups in total. The Hall–Kier alpha value is -0.823. The third kappa shape index (κ3) is 2.71. The van der Waals surface area contributed by atoms with E-state index in [1.54, 1.807) is 0 Å². The molecule has 1 fully saturated rings. The molecule has 0 nitrogen and oxygen atoms in total. The molecular formula is C16H24Si. The van der Waals surface area contributed by atoms with Crippen molar-refractivity contribution in [2.45, 2.75) is 50.7 Å². The van der Waals surface area contributed by atoms with Crippen molar-refractivity contribution in [1.82, 2.24) is 0 Å². The largest absolute Gasteiger partial charge is 0.0992 e. The molecule has 1 aliphatic rings. The topological polar surface area (TPSA) is 0 Å². The highest BCUT2D eigenvalue weighted by Gasteiger charge is 2.35. The predicted molar refractivity (Wildman–Crippen MR) is 79.8 cm³/mol. The minimum atomic E-state index is -1.34. The highest BCUT2D eigenvalue weighted by molar-refractivity contribution is 6.95. The van der Waals surface area contributed by atoms with Gasteiger partial charge < -0.3 is 0 Å². The minimum absolute atomic E-state index is 0.948. The molecule has 1 aromatic carbocycles. The van der Waals surface area contributed by atoms with Crippen LogP contribution in [0.2, 0.25) is 18.6 Å². The number of hydrogen-bond donors (Lipinski definition) is 0. The van der Waals surface area contributed by atoms with Crippen molar-refractivity contribution in [3.05, 3.63) is 42.5 Å². The Bertz CT molecular complexity index is 372. The maximum Gasteiger partial charge on any atom is 0.0836 e. The van der Waals surface area contributed by atoms with E-state index in [0.29, 0.717) is 0 Å². The van der Waals surface area contributed by atoms with E-state index >= 15 is 0 Å². The highest BCUT2D eigenvalue weighted by Crippen LogP contribution is 2.42. The molecule has 0 spiro atoms. The minimum Gasteiger partial charge on any atom is -0.0992 e. The zero-order chi connectivity index (χ0) is 12.3. The summed E-state index contributed by atoms with van der Waals surface area (Å²) in [6, 6.07) is 10.8. The summed E-state index contributed by atoms with van der Waals surface area (Å²) in [6.07, 6.45) is 7.18. The highest BCUT2D eigenvalue weighted by atomic mass is 28.3. The fourth-order valence-corrected chi connectivity index (χ4v) is 6.34. The van der Waals surface area contributed by atoms with Gasteiger partial charge in [-0.3, -0.25) is 0 Å². The Kier molecular flexibility index (Phi) is 3.88. The van der Waals surface area contributed by atoms with Crippen molar-refractivity contribution in [2.75, 3.05) is 0 Å². The quantitative estimate of drug-likeness (QED) is 0.634. The lowest BCUT2D eigenvalue weighted by Crippen LogP contribution is -2.35. The molecule has 17 heavy (non-hydrogen) atoms. The molecule has 0 saturated heterocycles. The Morgan fingerprint density at radius 1 is 1.06 bits per heavy atom. The molecule has 1 aliphatic carbocycles. The molecule has 0 aliphatic heterocycles. The van der Waals surface area contributed by atoms with E-state index in [1.165, 1.54) is 42.9 Å². The Morgan fingerprint density at radius 3 is 2.24 bits per heavy atom. The van der Waals surface area contributed by atoms with Gasteiger partial charge in [0.15, 0.2) is 0 Å². The van der Waals surface area contributed by atoms with Crippen LogP contribution in [0, 0.1) is 0 Å². The van der Waals surface area contributed by atoms with Gasteiger partial charge in [-0.1, -0.05) is 87.3 Å². The standard InChI is InChI=1S/C16H24Si/c1-14(15-10-6-4-7-11-15)17(2,3)16-12-8-5-9-13-16/h4,6-7,10-11,16H,1,5,8-9,12-13H2,2-3H3. The molecule has 0 radical (unpaired) electrons. The van der Waals surface area contributed by atoms with Crippen molar-refractivity contribution in [2.24, 2.45) is 0 Å². The Labute approximate surface area is 107 Å². The van der Waals surface area contributed by atoms with Gasteiger partial charge in [-0.25, -0.2) is 0 Å². The fourth-order valence-electron chi connectivity index (χ4n) is 3.08. The normalized spacial score (nSPS) is 18.0. The van der Waals surface area contributed by atoms with Gasteiger partial charge in [0.25, 0.3) is 0 Å². The van der Waals surface area contributed by atoms with Gasteiger partial charge in [-0.05, 0) is 11.1 Å². The first-order valence-corrected chi connectivity index (χ1v) is 9.95. The summed E-state index contributed by atoms with van der Waals surface area (Å²) in [7, 11) is -1.34. The van der Waals surface area contributed by atoms with E-state index in [0.717, 1.165) is 5.54 Å². The van der Waals surface area contributed by atoms with E-state index in [9.17, 15) is 0 Å². The van der Waals surface area contributed by atoms with Crippen LogP contribution in [0.1, 0.15) is 37.7 Å². The second-order valence-electron chi connectivity index (χ2n) is 5.90. The van der Waals surface area contributed by atoms with Crippen LogP contribution in [-0.4, -0.2) is 8.07 Å². The first-order chi connectivity index (χ1) is 8.12. The smallest absolute Gasteiger partial charge is 0.0836 e. The molecular weight excluding hydrogens is 220 g/mol. The summed E-state index contributed by atoms with van der Waals surface area (Å²) >= 11 is 0. The van der Waals surface area contributed by atoms with Gasteiger partial charge in [-0.15, -0.1) is 0 Å². The lowest BCUT2D eigenvalue weighted by molar-refractivity contribution is 0.494. The molecule has 92 valence electrons. The molecule has 0 atom stereocenters. The summed E-state index contributed by atoms with van der Waals surface area (Å²) in [5, 5.41) is 1.45. The van der Waals surface area contributed by atoms with Gasteiger partial charge in [0.1, 0.15) is 0 Å². The van der Waals surface area contributed by atoms with Crippen molar-refractivity contribution in [1.29, 1.82) is 0 Å². The van der Waals surface area contributed by atoms with Crippen LogP contribution in [0.5, 0.6) is 0 Å². The fraction of sp³-hybridized carbons (Fsp3) is 0.500. The molecule has 0 amide bonds.